The highest BCUT2D eigenvalue weighted by molar-refractivity contribution is 7.46. The first-order chi connectivity index (χ1) is 22.9. The number of benzene rings is 1. The Balaban J connectivity index is 1.87. The van der Waals surface area contributed by atoms with Gasteiger partial charge in [0.15, 0.2) is 34.5 Å². The number of carbonyl (C=O) groups is 1. The molecule has 1 amide bonds. The number of phosphoric ester groups is 1. The zero-order chi connectivity index (χ0) is 37.8. The molecule has 0 radical (unpaired) electrons. The Hall–Kier alpha value is -3.84. The van der Waals surface area contributed by atoms with Crippen molar-refractivity contribution in [3.8, 4) is 23.0 Å². The summed E-state index contributed by atoms with van der Waals surface area (Å²) in [5, 5.41) is 0. The average molecular weight is 589 g/mol. The molecule has 2 N–H and O–H groups in total. The second kappa shape index (κ2) is 11.3. The quantitative estimate of drug-likeness (QED) is 0.334. The molecular formula is C25H28FN4O9P. The van der Waals surface area contributed by atoms with Crippen molar-refractivity contribution in [2.45, 2.75) is 32.1 Å². The molecule has 40 heavy (non-hydrogen) atoms. The van der Waals surface area contributed by atoms with Crippen molar-refractivity contribution in [3.05, 3.63) is 59.0 Å². The molecule has 15 heteroatoms. The Labute approximate surface area is 243 Å². The van der Waals surface area contributed by atoms with E-state index in [-0.39, 0.29) is 12.2 Å². The minimum Gasteiger partial charge on any atom is -0.493 e. The number of amides is 1. The van der Waals surface area contributed by atoms with E-state index in [1.165, 1.54) is 21.3 Å². The Morgan fingerprint density at radius 2 is 1.85 bits per heavy atom. The first-order valence-corrected chi connectivity index (χ1v) is 12.5. The van der Waals surface area contributed by atoms with Crippen molar-refractivity contribution >= 4 is 19.5 Å². The Bertz CT molecular complexity index is 1840. The maximum atomic E-state index is 15.1. The molecule has 2 aromatic heterocycles. The first kappa shape index (κ1) is 18.5. The summed E-state index contributed by atoms with van der Waals surface area (Å²) in [5.41, 5.74) is -4.46. The lowest BCUT2D eigenvalue weighted by atomic mass is 10.1. The van der Waals surface area contributed by atoms with Gasteiger partial charge < -0.3 is 28.7 Å². The molecule has 3 aromatic rings. The third kappa shape index (κ3) is 6.31. The lowest BCUT2D eigenvalue weighted by molar-refractivity contribution is -0.133. The summed E-state index contributed by atoms with van der Waals surface area (Å²) in [6.45, 7) is -11.9. The van der Waals surface area contributed by atoms with Crippen LogP contribution < -0.4 is 23.8 Å². The van der Waals surface area contributed by atoms with Gasteiger partial charge in [0.1, 0.15) is 12.5 Å². The number of methoxy groups -OCH3 is 3. The van der Waals surface area contributed by atoms with Crippen molar-refractivity contribution < 1.29 is 60.7 Å². The van der Waals surface area contributed by atoms with Gasteiger partial charge in [-0.25, -0.2) is 23.9 Å². The Kier molecular flexibility index (Phi) is 5.24. The molecule has 1 aliphatic rings. The summed E-state index contributed by atoms with van der Waals surface area (Å²) in [6, 6.07) is 1.12. The standard InChI is InChI=1S/C25H28FN4O9P/c1-25(2)24(31)30(13-38-40(32,33)34)23-18(39-25)7-6-15(28-23)11-17-16(26)12-27-21(29-17)10-14-8-19(35-3)22(37-5)20(9-14)36-4/h6-9,12H,10-11,13H2,1-5H3,(H2,32,33,34)/i1D3,2D3,6D,7D,13D2. The van der Waals surface area contributed by atoms with Gasteiger partial charge in [0.2, 0.25) is 5.75 Å². The number of nitrogens with zero attached hydrogens (tertiary/aromatic N) is 4. The molecule has 214 valence electrons. The molecule has 3 heterocycles. The number of hydrogen-bond donors (Lipinski definition) is 2. The van der Waals surface area contributed by atoms with Crippen LogP contribution in [0.25, 0.3) is 0 Å². The molecule has 13 nitrogen and oxygen atoms in total. The van der Waals surface area contributed by atoms with Gasteiger partial charge in [-0.1, -0.05) is 0 Å². The topological polar surface area (TPSA) is 163 Å². The van der Waals surface area contributed by atoms with E-state index in [1.807, 2.05) is 0 Å². The van der Waals surface area contributed by atoms with Crippen LogP contribution in [0, 0.1) is 5.82 Å². The third-order valence-corrected chi connectivity index (χ3v) is 5.59. The second-order valence-electron chi connectivity index (χ2n) is 8.03. The van der Waals surface area contributed by atoms with Crippen LogP contribution in [0.2, 0.25) is 0 Å². The van der Waals surface area contributed by atoms with Gasteiger partial charge in [0.05, 0.1) is 38.7 Å². The number of ether oxygens (including phenoxy) is 4. The van der Waals surface area contributed by atoms with Gasteiger partial charge >= 0.3 is 7.82 Å². The summed E-state index contributed by atoms with van der Waals surface area (Å²) in [7, 11) is -1.65. The molecule has 1 aliphatic heterocycles. The van der Waals surface area contributed by atoms with Crippen LogP contribution in [0.4, 0.5) is 10.2 Å². The van der Waals surface area contributed by atoms with E-state index >= 15 is 4.39 Å². The van der Waals surface area contributed by atoms with Gasteiger partial charge in [-0.3, -0.25) is 14.2 Å². The molecule has 0 saturated carbocycles. The monoisotopic (exact) mass is 588 g/mol. The molecule has 0 aliphatic carbocycles. The van der Waals surface area contributed by atoms with E-state index in [9.17, 15) is 19.1 Å². The van der Waals surface area contributed by atoms with Gasteiger partial charge in [0.25, 0.3) is 5.91 Å². The summed E-state index contributed by atoms with van der Waals surface area (Å²) in [6.07, 6.45) is 0.0236. The Morgan fingerprint density at radius 1 is 1.15 bits per heavy atom. The van der Waals surface area contributed by atoms with Gasteiger partial charge in [0, 0.05) is 26.8 Å². The SMILES string of the molecule is [2H]c1c(Cc2nc(Cc3cc(OC)c(OC)c(OC)c3)ncc2F)nc2c(c1[2H])OC(C([2H])([2H])[2H])(C([2H])([2H])[2H])C(=O)N2C([2H])([2H])OP(=O)(O)O. The summed E-state index contributed by atoms with van der Waals surface area (Å²) >= 11 is 0. The van der Waals surface area contributed by atoms with E-state index in [0.717, 1.165) is 6.20 Å². The lowest BCUT2D eigenvalue weighted by Gasteiger charge is -2.37. The number of anilines is 1. The first-order valence-electron chi connectivity index (χ1n) is 16.0. The lowest BCUT2D eigenvalue weighted by Crippen LogP contribution is -2.53. The van der Waals surface area contributed by atoms with Crippen LogP contribution in [0.1, 0.15) is 50.2 Å². The summed E-state index contributed by atoms with van der Waals surface area (Å²) < 4.78 is 133. The van der Waals surface area contributed by atoms with E-state index in [4.69, 9.17) is 32.7 Å². The number of pyridine rings is 1. The third-order valence-electron chi connectivity index (χ3n) is 5.27. The molecule has 0 bridgehead atoms. The van der Waals surface area contributed by atoms with E-state index in [1.54, 1.807) is 12.1 Å². The molecule has 0 saturated heterocycles. The summed E-state index contributed by atoms with van der Waals surface area (Å²) in [5.74, 6) is -4.76. The van der Waals surface area contributed by atoms with Gasteiger partial charge in [-0.2, -0.15) is 0 Å². The zero-order valence-electron chi connectivity index (χ0n) is 31.0. The molecule has 1 aromatic carbocycles. The van der Waals surface area contributed by atoms with Crippen LogP contribution in [0.5, 0.6) is 23.0 Å². The van der Waals surface area contributed by atoms with E-state index in [0.29, 0.717) is 22.8 Å². The number of carbonyl (C=O) groups excluding carboxylic acids is 1. The number of aromatic nitrogens is 3. The van der Waals surface area contributed by atoms with Crippen LogP contribution in [-0.2, 0) is 26.7 Å². The fraction of sp³-hybridized carbons (Fsp3) is 0.360. The maximum Gasteiger partial charge on any atom is 0.471 e. The van der Waals surface area contributed by atoms with E-state index < -0.39 is 91.9 Å². The molecule has 4 rings (SSSR count). The number of fused-ring (bicyclic) bond motifs is 1. The summed E-state index contributed by atoms with van der Waals surface area (Å²) in [4.78, 5) is 44.1. The van der Waals surface area contributed by atoms with Crippen molar-refractivity contribution in [2.75, 3.05) is 32.9 Å². The smallest absolute Gasteiger partial charge is 0.471 e. The highest BCUT2D eigenvalue weighted by atomic mass is 31.2. The molecule has 0 spiro atoms. The fourth-order valence-electron chi connectivity index (χ4n) is 3.56. The normalized spacial score (nSPS) is 19.1. The maximum absolute atomic E-state index is 15.1. The van der Waals surface area contributed by atoms with Crippen LogP contribution in [0.15, 0.2) is 30.4 Å². The predicted octanol–water partition coefficient (Wildman–Crippen LogP) is 2.79. The largest absolute Gasteiger partial charge is 0.493 e. The minimum absolute atomic E-state index is 0.0258. The van der Waals surface area contributed by atoms with Gasteiger partial charge in [-0.05, 0) is 43.5 Å². The predicted molar refractivity (Wildman–Crippen MR) is 138 cm³/mol. The molecule has 0 unspecified atom stereocenters. The van der Waals surface area contributed by atoms with Crippen LogP contribution in [0.3, 0.4) is 0 Å². The van der Waals surface area contributed by atoms with Crippen LogP contribution in [-0.4, -0.2) is 64.3 Å². The highest BCUT2D eigenvalue weighted by Crippen LogP contribution is 2.41. The van der Waals surface area contributed by atoms with Crippen molar-refractivity contribution in [1.29, 1.82) is 0 Å². The average Bonchev–Trinajstić information content (AvgIpc) is 2.97. The Morgan fingerprint density at radius 3 is 2.45 bits per heavy atom. The van der Waals surface area contributed by atoms with Gasteiger partial charge in [-0.15, -0.1) is 0 Å². The van der Waals surface area contributed by atoms with Crippen LogP contribution >= 0.6 is 7.82 Å². The fourth-order valence-corrected chi connectivity index (χ4v) is 3.75. The van der Waals surface area contributed by atoms with E-state index in [2.05, 4.69) is 19.5 Å². The molecular weight excluding hydrogens is 550 g/mol. The number of rotatable bonds is 10. The van der Waals surface area contributed by atoms with Crippen molar-refractivity contribution in [3.63, 3.8) is 0 Å². The number of phosphoric acid groups is 1. The zero-order valence-corrected chi connectivity index (χ0v) is 21.9. The van der Waals surface area contributed by atoms with Crippen molar-refractivity contribution in [2.24, 2.45) is 0 Å². The highest BCUT2D eigenvalue weighted by Gasteiger charge is 2.42. The minimum atomic E-state index is -5.85. The van der Waals surface area contributed by atoms with Crippen molar-refractivity contribution in [1.82, 2.24) is 15.0 Å². The number of halogens is 1. The molecule has 0 atom stereocenters. The second-order valence-corrected chi connectivity index (χ2v) is 9.19. The molecule has 0 fully saturated rings. The number of hydrogen-bond acceptors (Lipinski definition) is 10.